The summed E-state index contributed by atoms with van der Waals surface area (Å²) in [6.45, 7) is 5.63. The van der Waals surface area contributed by atoms with E-state index in [1.54, 1.807) is 0 Å². The normalized spacial score (nSPS) is 24.4. The summed E-state index contributed by atoms with van der Waals surface area (Å²) in [5.41, 5.74) is 0. The Labute approximate surface area is 77.2 Å². The minimum absolute atomic E-state index is 0.636. The Balaban J connectivity index is 2.11. The lowest BCUT2D eigenvalue weighted by Gasteiger charge is -2.34. The molecule has 0 aliphatic carbocycles. The molecule has 1 atom stereocenters. The first-order chi connectivity index (χ1) is 5.88. The van der Waals surface area contributed by atoms with E-state index >= 15 is 0 Å². The van der Waals surface area contributed by atoms with Gasteiger partial charge in [-0.3, -0.25) is 0 Å². The first-order valence-corrected chi connectivity index (χ1v) is 5.27. The first-order valence-electron chi connectivity index (χ1n) is 4.39. The second-order valence-corrected chi connectivity index (χ2v) is 4.12. The summed E-state index contributed by atoms with van der Waals surface area (Å²) >= 11 is 1.83. The second-order valence-electron chi connectivity index (χ2n) is 3.20. The lowest BCUT2D eigenvalue weighted by Crippen LogP contribution is -2.49. The monoisotopic (exact) mass is 182 g/mol. The zero-order valence-corrected chi connectivity index (χ0v) is 8.10. The van der Waals surface area contributed by atoms with E-state index in [4.69, 9.17) is 0 Å². The van der Waals surface area contributed by atoms with E-state index < -0.39 is 0 Å². The molecule has 0 saturated carbocycles. The standard InChI is InChI=1S/C9H14N2S/c1-8-7-10-4-5-11(8)9-3-2-6-12-9/h2-3,6,8,10H,4-5,7H2,1H3. The molecular weight excluding hydrogens is 168 g/mol. The summed E-state index contributed by atoms with van der Waals surface area (Å²) in [5.74, 6) is 0. The number of anilines is 1. The van der Waals surface area contributed by atoms with Crippen molar-refractivity contribution in [3.05, 3.63) is 17.5 Å². The van der Waals surface area contributed by atoms with Gasteiger partial charge in [0.1, 0.15) is 0 Å². The third kappa shape index (κ3) is 1.47. The van der Waals surface area contributed by atoms with Crippen molar-refractivity contribution in [1.82, 2.24) is 5.32 Å². The first kappa shape index (κ1) is 8.08. The minimum atomic E-state index is 0.636. The number of nitrogens with one attached hydrogen (secondary N) is 1. The van der Waals surface area contributed by atoms with Crippen LogP contribution in [0.5, 0.6) is 0 Å². The van der Waals surface area contributed by atoms with Crippen LogP contribution in [0.1, 0.15) is 6.92 Å². The van der Waals surface area contributed by atoms with Gasteiger partial charge in [-0.2, -0.15) is 0 Å². The van der Waals surface area contributed by atoms with E-state index in [1.807, 2.05) is 11.3 Å². The minimum Gasteiger partial charge on any atom is -0.358 e. The highest BCUT2D eigenvalue weighted by molar-refractivity contribution is 7.14. The lowest BCUT2D eigenvalue weighted by atomic mass is 10.2. The van der Waals surface area contributed by atoms with Crippen LogP contribution in [-0.2, 0) is 0 Å². The second kappa shape index (κ2) is 3.46. The number of hydrogen-bond acceptors (Lipinski definition) is 3. The Morgan fingerprint density at radius 3 is 3.25 bits per heavy atom. The summed E-state index contributed by atoms with van der Waals surface area (Å²) < 4.78 is 0. The van der Waals surface area contributed by atoms with Crippen LogP contribution in [0, 0.1) is 0 Å². The molecule has 3 heteroatoms. The molecule has 0 spiro atoms. The van der Waals surface area contributed by atoms with Gasteiger partial charge in [-0.15, -0.1) is 11.3 Å². The van der Waals surface area contributed by atoms with Gasteiger partial charge in [0.05, 0.1) is 5.00 Å². The van der Waals surface area contributed by atoms with E-state index in [1.165, 1.54) is 5.00 Å². The van der Waals surface area contributed by atoms with Crippen molar-refractivity contribution in [3.63, 3.8) is 0 Å². The lowest BCUT2D eigenvalue weighted by molar-refractivity contribution is 0.503. The molecule has 1 aliphatic heterocycles. The molecule has 2 rings (SSSR count). The van der Waals surface area contributed by atoms with Gasteiger partial charge < -0.3 is 10.2 Å². The summed E-state index contributed by atoms with van der Waals surface area (Å²) in [7, 11) is 0. The Morgan fingerprint density at radius 2 is 2.58 bits per heavy atom. The Bertz CT molecular complexity index is 233. The number of rotatable bonds is 1. The molecule has 2 heterocycles. The summed E-state index contributed by atoms with van der Waals surface area (Å²) in [4.78, 5) is 2.47. The van der Waals surface area contributed by atoms with E-state index in [0.717, 1.165) is 19.6 Å². The molecule has 1 aliphatic rings. The van der Waals surface area contributed by atoms with Gasteiger partial charge in [-0.05, 0) is 24.4 Å². The number of thiophene rings is 1. The number of nitrogens with zero attached hydrogens (tertiary/aromatic N) is 1. The average molecular weight is 182 g/mol. The highest BCUT2D eigenvalue weighted by Crippen LogP contribution is 2.23. The van der Waals surface area contributed by atoms with E-state index in [0.29, 0.717) is 6.04 Å². The molecule has 1 saturated heterocycles. The quantitative estimate of drug-likeness (QED) is 0.709. The van der Waals surface area contributed by atoms with Crippen LogP contribution in [0.2, 0.25) is 0 Å². The SMILES string of the molecule is CC1CNCCN1c1cccs1. The van der Waals surface area contributed by atoms with Gasteiger partial charge in [0.2, 0.25) is 0 Å². The summed E-state index contributed by atoms with van der Waals surface area (Å²) in [6, 6.07) is 4.96. The zero-order chi connectivity index (χ0) is 8.39. The molecular formula is C9H14N2S. The summed E-state index contributed by atoms with van der Waals surface area (Å²) in [6.07, 6.45) is 0. The fraction of sp³-hybridized carbons (Fsp3) is 0.556. The maximum Gasteiger partial charge on any atom is 0.0911 e. The van der Waals surface area contributed by atoms with Crippen LogP contribution >= 0.6 is 11.3 Å². The van der Waals surface area contributed by atoms with Gasteiger partial charge >= 0.3 is 0 Å². The molecule has 0 radical (unpaired) electrons. The molecule has 2 nitrogen and oxygen atoms in total. The van der Waals surface area contributed by atoms with Crippen LogP contribution in [0.3, 0.4) is 0 Å². The molecule has 1 unspecified atom stereocenters. The highest BCUT2D eigenvalue weighted by Gasteiger charge is 2.18. The van der Waals surface area contributed by atoms with Gasteiger partial charge in [0, 0.05) is 25.7 Å². The van der Waals surface area contributed by atoms with E-state index in [9.17, 15) is 0 Å². The van der Waals surface area contributed by atoms with Gasteiger partial charge in [0.15, 0.2) is 0 Å². The molecule has 1 aromatic rings. The molecule has 0 amide bonds. The molecule has 1 fully saturated rings. The van der Waals surface area contributed by atoms with Crippen molar-refractivity contribution in [2.24, 2.45) is 0 Å². The largest absolute Gasteiger partial charge is 0.358 e. The van der Waals surface area contributed by atoms with Crippen molar-refractivity contribution in [3.8, 4) is 0 Å². The number of piperazine rings is 1. The summed E-state index contributed by atoms with van der Waals surface area (Å²) in [5, 5.41) is 6.94. The maximum atomic E-state index is 3.39. The molecule has 0 aromatic carbocycles. The molecule has 66 valence electrons. The predicted molar refractivity (Wildman–Crippen MR) is 54.0 cm³/mol. The van der Waals surface area contributed by atoms with E-state index in [2.05, 4.69) is 34.7 Å². The van der Waals surface area contributed by atoms with Crippen LogP contribution in [0.4, 0.5) is 5.00 Å². The predicted octanol–water partition coefficient (Wildman–Crippen LogP) is 1.55. The van der Waals surface area contributed by atoms with Crippen molar-refractivity contribution >= 4 is 16.3 Å². The average Bonchev–Trinajstić information content (AvgIpc) is 2.57. The molecule has 1 N–H and O–H groups in total. The fourth-order valence-electron chi connectivity index (χ4n) is 1.60. The van der Waals surface area contributed by atoms with Crippen molar-refractivity contribution in [2.45, 2.75) is 13.0 Å². The van der Waals surface area contributed by atoms with Crippen molar-refractivity contribution in [2.75, 3.05) is 24.5 Å². The maximum absolute atomic E-state index is 3.39. The fourth-order valence-corrected chi connectivity index (χ4v) is 2.46. The highest BCUT2D eigenvalue weighted by atomic mass is 32.1. The van der Waals surface area contributed by atoms with Gasteiger partial charge in [0.25, 0.3) is 0 Å². The molecule has 12 heavy (non-hydrogen) atoms. The zero-order valence-electron chi connectivity index (χ0n) is 7.29. The Morgan fingerprint density at radius 1 is 1.67 bits per heavy atom. The third-order valence-electron chi connectivity index (χ3n) is 2.29. The third-order valence-corrected chi connectivity index (χ3v) is 3.20. The van der Waals surface area contributed by atoms with Crippen LogP contribution < -0.4 is 10.2 Å². The van der Waals surface area contributed by atoms with Crippen LogP contribution in [0.15, 0.2) is 17.5 Å². The van der Waals surface area contributed by atoms with Crippen LogP contribution in [0.25, 0.3) is 0 Å². The van der Waals surface area contributed by atoms with Crippen molar-refractivity contribution < 1.29 is 0 Å². The number of hydrogen-bond donors (Lipinski definition) is 1. The van der Waals surface area contributed by atoms with Gasteiger partial charge in [-0.25, -0.2) is 0 Å². The van der Waals surface area contributed by atoms with E-state index in [-0.39, 0.29) is 0 Å². The van der Waals surface area contributed by atoms with Crippen LogP contribution in [-0.4, -0.2) is 25.7 Å². The van der Waals surface area contributed by atoms with Crippen molar-refractivity contribution in [1.29, 1.82) is 0 Å². The molecule has 1 aromatic heterocycles. The molecule has 0 bridgehead atoms. The Kier molecular flexibility index (Phi) is 2.33. The van der Waals surface area contributed by atoms with Gasteiger partial charge in [-0.1, -0.05) is 0 Å². The smallest absolute Gasteiger partial charge is 0.0911 e. The Hall–Kier alpha value is -0.540. The topological polar surface area (TPSA) is 15.3 Å².